The average molecular weight is 307 g/mol. The molecule has 4 nitrogen and oxygen atoms in total. The normalized spacial score (nSPS) is 14.0. The van der Waals surface area contributed by atoms with Gasteiger partial charge < -0.3 is 15.4 Å². The topological polar surface area (TPSA) is 57.1 Å². The molecule has 23 heavy (non-hydrogen) atoms. The first-order chi connectivity index (χ1) is 11.3. The maximum atomic E-state index is 8.78. The number of benzene rings is 2. The Hall–Kier alpha value is -2.35. The predicted molar refractivity (Wildman–Crippen MR) is 90.0 cm³/mol. The van der Waals surface area contributed by atoms with Gasteiger partial charge >= 0.3 is 0 Å². The number of hydrogen-bond donors (Lipinski definition) is 2. The van der Waals surface area contributed by atoms with E-state index in [1.807, 2.05) is 36.4 Å². The first kappa shape index (κ1) is 15.5. The Balaban J connectivity index is 1.43. The fraction of sp³-hybridized carbons (Fsp3) is 0.316. The Kier molecular flexibility index (Phi) is 5.25. The van der Waals surface area contributed by atoms with Crippen molar-refractivity contribution in [3.05, 3.63) is 65.2 Å². The lowest BCUT2D eigenvalue weighted by atomic mass is 10.0. The van der Waals surface area contributed by atoms with Crippen LogP contribution in [0, 0.1) is 17.2 Å². The lowest BCUT2D eigenvalue weighted by Crippen LogP contribution is -2.47. The average Bonchev–Trinajstić information content (AvgIpc) is 2.57. The van der Waals surface area contributed by atoms with E-state index in [0.717, 1.165) is 43.4 Å². The molecule has 0 aromatic heterocycles. The molecule has 0 atom stereocenters. The summed E-state index contributed by atoms with van der Waals surface area (Å²) in [4.78, 5) is 0. The fourth-order valence-corrected chi connectivity index (χ4v) is 2.46. The van der Waals surface area contributed by atoms with Crippen molar-refractivity contribution in [1.82, 2.24) is 10.6 Å². The Morgan fingerprint density at radius 2 is 1.74 bits per heavy atom. The summed E-state index contributed by atoms with van der Waals surface area (Å²) in [6, 6.07) is 17.8. The fourth-order valence-electron chi connectivity index (χ4n) is 2.46. The van der Waals surface area contributed by atoms with Gasteiger partial charge in [-0.25, -0.2) is 0 Å². The minimum absolute atomic E-state index is 0.512. The Bertz CT molecular complexity index is 655. The maximum Gasteiger partial charge on any atom is 0.119 e. The molecule has 0 unspecified atom stereocenters. The molecule has 0 saturated carbocycles. The van der Waals surface area contributed by atoms with Gasteiger partial charge in [0, 0.05) is 26.2 Å². The SMILES string of the molecule is N#Cc1ccc(COc2ccc(CNCC3CNC3)cc2)cc1. The van der Waals surface area contributed by atoms with Crippen molar-refractivity contribution >= 4 is 0 Å². The number of hydrogen-bond acceptors (Lipinski definition) is 4. The van der Waals surface area contributed by atoms with Crippen molar-refractivity contribution in [2.45, 2.75) is 13.2 Å². The summed E-state index contributed by atoms with van der Waals surface area (Å²) in [5.74, 6) is 1.64. The summed E-state index contributed by atoms with van der Waals surface area (Å²) >= 11 is 0. The number of ether oxygens (including phenoxy) is 1. The summed E-state index contributed by atoms with van der Waals surface area (Å²) in [6.45, 7) is 4.75. The second kappa shape index (κ2) is 7.77. The molecule has 1 saturated heterocycles. The molecule has 0 spiro atoms. The first-order valence-corrected chi connectivity index (χ1v) is 7.96. The molecule has 3 rings (SSSR count). The van der Waals surface area contributed by atoms with E-state index in [1.54, 1.807) is 0 Å². The van der Waals surface area contributed by atoms with Crippen LogP contribution in [0.2, 0.25) is 0 Å². The third-order valence-corrected chi connectivity index (χ3v) is 4.04. The van der Waals surface area contributed by atoms with Crippen molar-refractivity contribution in [3.63, 3.8) is 0 Å². The molecule has 2 aromatic rings. The number of nitriles is 1. The van der Waals surface area contributed by atoms with Crippen LogP contribution in [0.4, 0.5) is 0 Å². The van der Waals surface area contributed by atoms with Gasteiger partial charge in [-0.2, -0.15) is 5.26 Å². The number of rotatable bonds is 7. The van der Waals surface area contributed by atoms with E-state index in [-0.39, 0.29) is 0 Å². The van der Waals surface area contributed by atoms with Gasteiger partial charge in [-0.15, -0.1) is 0 Å². The summed E-state index contributed by atoms with van der Waals surface area (Å²) < 4.78 is 5.78. The summed E-state index contributed by atoms with van der Waals surface area (Å²) in [5.41, 5.74) is 3.00. The highest BCUT2D eigenvalue weighted by atomic mass is 16.5. The molecule has 1 aliphatic heterocycles. The highest BCUT2D eigenvalue weighted by Gasteiger charge is 2.15. The van der Waals surface area contributed by atoms with E-state index in [0.29, 0.717) is 12.2 Å². The minimum Gasteiger partial charge on any atom is -0.489 e. The molecular weight excluding hydrogens is 286 g/mol. The van der Waals surface area contributed by atoms with Crippen LogP contribution in [0.1, 0.15) is 16.7 Å². The van der Waals surface area contributed by atoms with Crippen LogP contribution in [0.5, 0.6) is 5.75 Å². The van der Waals surface area contributed by atoms with E-state index in [9.17, 15) is 0 Å². The van der Waals surface area contributed by atoms with Crippen LogP contribution >= 0.6 is 0 Å². The molecular formula is C19H21N3O. The molecule has 0 radical (unpaired) electrons. The largest absolute Gasteiger partial charge is 0.489 e. The summed E-state index contributed by atoms with van der Waals surface area (Å²) in [6.07, 6.45) is 0. The predicted octanol–water partition coefficient (Wildman–Crippen LogP) is 2.45. The number of nitrogens with zero attached hydrogens (tertiary/aromatic N) is 1. The van der Waals surface area contributed by atoms with Gasteiger partial charge in [0.15, 0.2) is 0 Å². The van der Waals surface area contributed by atoms with E-state index < -0.39 is 0 Å². The van der Waals surface area contributed by atoms with Gasteiger partial charge in [0.25, 0.3) is 0 Å². The molecule has 0 bridgehead atoms. The molecule has 118 valence electrons. The van der Waals surface area contributed by atoms with Crippen molar-refractivity contribution in [2.24, 2.45) is 5.92 Å². The van der Waals surface area contributed by atoms with Crippen LogP contribution in [-0.2, 0) is 13.2 Å². The van der Waals surface area contributed by atoms with Crippen LogP contribution in [0.15, 0.2) is 48.5 Å². The highest BCUT2D eigenvalue weighted by molar-refractivity contribution is 5.32. The van der Waals surface area contributed by atoms with E-state index in [1.165, 1.54) is 5.56 Å². The van der Waals surface area contributed by atoms with Crippen molar-refractivity contribution < 1.29 is 4.74 Å². The molecule has 1 fully saturated rings. The van der Waals surface area contributed by atoms with Gasteiger partial charge in [0.05, 0.1) is 11.6 Å². The molecule has 0 aliphatic carbocycles. The van der Waals surface area contributed by atoms with Crippen LogP contribution in [0.25, 0.3) is 0 Å². The zero-order chi connectivity index (χ0) is 15.9. The monoisotopic (exact) mass is 307 g/mol. The maximum absolute atomic E-state index is 8.78. The minimum atomic E-state index is 0.512. The molecule has 4 heteroatoms. The standard InChI is InChI=1S/C19H21N3O/c20-9-15-1-3-17(4-2-15)14-23-19-7-5-16(6-8-19)10-21-11-18-12-22-13-18/h1-8,18,21-22H,10-14H2. The summed E-state index contributed by atoms with van der Waals surface area (Å²) in [7, 11) is 0. The second-order valence-electron chi connectivity index (χ2n) is 5.90. The van der Waals surface area contributed by atoms with Crippen molar-refractivity contribution in [1.29, 1.82) is 5.26 Å². The van der Waals surface area contributed by atoms with Crippen LogP contribution in [-0.4, -0.2) is 19.6 Å². The van der Waals surface area contributed by atoms with E-state index in [2.05, 4.69) is 28.8 Å². The quantitative estimate of drug-likeness (QED) is 0.825. The number of nitrogens with one attached hydrogen (secondary N) is 2. The third kappa shape index (κ3) is 4.56. The van der Waals surface area contributed by atoms with Crippen molar-refractivity contribution in [2.75, 3.05) is 19.6 Å². The lowest BCUT2D eigenvalue weighted by Gasteiger charge is -2.27. The van der Waals surface area contributed by atoms with Crippen LogP contribution < -0.4 is 15.4 Å². The third-order valence-electron chi connectivity index (χ3n) is 4.04. The zero-order valence-corrected chi connectivity index (χ0v) is 13.1. The molecule has 1 heterocycles. The Labute approximate surface area is 137 Å². The van der Waals surface area contributed by atoms with Gasteiger partial charge in [-0.05, 0) is 41.3 Å². The zero-order valence-electron chi connectivity index (χ0n) is 13.1. The van der Waals surface area contributed by atoms with Crippen molar-refractivity contribution in [3.8, 4) is 11.8 Å². The Morgan fingerprint density at radius 3 is 2.35 bits per heavy atom. The van der Waals surface area contributed by atoms with Gasteiger partial charge in [-0.3, -0.25) is 0 Å². The Morgan fingerprint density at radius 1 is 1.04 bits per heavy atom. The van der Waals surface area contributed by atoms with Crippen LogP contribution in [0.3, 0.4) is 0 Å². The summed E-state index contributed by atoms with van der Waals surface area (Å²) in [5, 5.41) is 15.5. The second-order valence-corrected chi connectivity index (χ2v) is 5.90. The van der Waals surface area contributed by atoms with E-state index in [4.69, 9.17) is 10.00 Å². The van der Waals surface area contributed by atoms with E-state index >= 15 is 0 Å². The first-order valence-electron chi connectivity index (χ1n) is 7.96. The highest BCUT2D eigenvalue weighted by Crippen LogP contribution is 2.15. The molecule has 1 aliphatic rings. The van der Waals surface area contributed by atoms with Gasteiger partial charge in [-0.1, -0.05) is 24.3 Å². The molecule has 2 aromatic carbocycles. The van der Waals surface area contributed by atoms with Gasteiger partial charge in [0.2, 0.25) is 0 Å². The molecule has 2 N–H and O–H groups in total. The smallest absolute Gasteiger partial charge is 0.119 e. The lowest BCUT2D eigenvalue weighted by molar-refractivity contribution is 0.306. The molecule has 0 amide bonds. The van der Waals surface area contributed by atoms with Gasteiger partial charge in [0.1, 0.15) is 12.4 Å².